The summed E-state index contributed by atoms with van der Waals surface area (Å²) in [4.78, 5) is 4.78. The largest absolute Gasteiger partial charge is 0.399 e. The molecule has 0 radical (unpaired) electrons. The molecule has 3 heteroatoms. The smallest absolute Gasteiger partial charge is 0.106 e. The summed E-state index contributed by atoms with van der Waals surface area (Å²) in [5.74, 6) is 1.15. The minimum atomic E-state index is 0.547. The maximum atomic E-state index is 5.84. The molecule has 1 aliphatic carbocycles. The van der Waals surface area contributed by atoms with Crippen molar-refractivity contribution in [2.45, 2.75) is 19.3 Å². The van der Waals surface area contributed by atoms with Gasteiger partial charge in [-0.1, -0.05) is 28.9 Å². The Balaban J connectivity index is 2.05. The maximum Gasteiger partial charge on any atom is 0.106 e. The summed E-state index contributed by atoms with van der Waals surface area (Å²) in [6, 6.07) is 8.06. The highest BCUT2D eigenvalue weighted by molar-refractivity contribution is 6.30. The second-order valence-electron chi connectivity index (χ2n) is 3.92. The molecule has 0 amide bonds. The van der Waals surface area contributed by atoms with Gasteiger partial charge in [-0.2, -0.15) is 0 Å². The first-order valence-electron chi connectivity index (χ1n) is 5.05. The van der Waals surface area contributed by atoms with E-state index in [1.165, 1.54) is 12.0 Å². The van der Waals surface area contributed by atoms with Crippen LogP contribution in [0.25, 0.3) is 0 Å². The van der Waals surface area contributed by atoms with Crippen LogP contribution in [0.5, 0.6) is 0 Å². The van der Waals surface area contributed by atoms with Crippen molar-refractivity contribution in [2.24, 2.45) is 11.1 Å². The number of halogens is 1. The van der Waals surface area contributed by atoms with E-state index in [0.29, 0.717) is 11.8 Å². The molecule has 15 heavy (non-hydrogen) atoms. The van der Waals surface area contributed by atoms with Crippen molar-refractivity contribution < 1.29 is 4.84 Å². The van der Waals surface area contributed by atoms with E-state index in [1.807, 2.05) is 19.1 Å². The van der Waals surface area contributed by atoms with E-state index < -0.39 is 0 Å². The molecule has 0 aliphatic heterocycles. The molecule has 0 N–H and O–H groups in total. The van der Waals surface area contributed by atoms with Crippen LogP contribution in [-0.4, -0.2) is 12.8 Å². The Morgan fingerprint density at radius 2 is 2.07 bits per heavy atom. The van der Waals surface area contributed by atoms with Gasteiger partial charge in [0.05, 0.1) is 5.71 Å². The Labute approximate surface area is 94.9 Å². The van der Waals surface area contributed by atoms with Crippen LogP contribution in [0.15, 0.2) is 29.4 Å². The number of hydrogen-bond donors (Lipinski definition) is 0. The third-order valence-electron chi connectivity index (χ3n) is 2.86. The second-order valence-corrected chi connectivity index (χ2v) is 4.35. The molecule has 80 valence electrons. The van der Waals surface area contributed by atoms with Gasteiger partial charge in [-0.15, -0.1) is 0 Å². The lowest BCUT2D eigenvalue weighted by Gasteiger charge is -2.00. The molecule has 1 fully saturated rings. The first kappa shape index (κ1) is 10.5. The number of oxime groups is 1. The van der Waals surface area contributed by atoms with Gasteiger partial charge >= 0.3 is 0 Å². The van der Waals surface area contributed by atoms with Crippen molar-refractivity contribution in [3.05, 3.63) is 34.9 Å². The van der Waals surface area contributed by atoms with E-state index in [1.54, 1.807) is 7.11 Å². The first-order chi connectivity index (χ1) is 7.22. The Kier molecular flexibility index (Phi) is 2.96. The van der Waals surface area contributed by atoms with E-state index in [-0.39, 0.29) is 0 Å². The Morgan fingerprint density at radius 1 is 1.40 bits per heavy atom. The van der Waals surface area contributed by atoms with Gasteiger partial charge < -0.3 is 4.84 Å². The monoisotopic (exact) mass is 223 g/mol. The highest BCUT2D eigenvalue weighted by Gasteiger charge is 2.40. The predicted octanol–water partition coefficient (Wildman–Crippen LogP) is 3.47. The van der Waals surface area contributed by atoms with Crippen LogP contribution in [0.1, 0.15) is 24.8 Å². The average molecular weight is 224 g/mol. The number of rotatable bonds is 3. The zero-order valence-corrected chi connectivity index (χ0v) is 9.66. The summed E-state index contributed by atoms with van der Waals surface area (Å²) in [6.45, 7) is 2.02. The van der Waals surface area contributed by atoms with Crippen molar-refractivity contribution in [3.8, 4) is 0 Å². The second kappa shape index (κ2) is 4.23. The number of hydrogen-bond acceptors (Lipinski definition) is 2. The lowest BCUT2D eigenvalue weighted by Crippen LogP contribution is -1.97. The molecule has 2 rings (SSSR count). The first-order valence-corrected chi connectivity index (χ1v) is 5.43. The van der Waals surface area contributed by atoms with Crippen LogP contribution in [0, 0.1) is 5.92 Å². The molecule has 1 aromatic carbocycles. The standard InChI is InChI=1S/C12H14ClNO/c1-8(14-15-2)11-7-12(11)9-3-5-10(13)6-4-9/h3-6,11-12H,7H2,1-2H3/t11-,12+/m1/s1. The maximum absolute atomic E-state index is 5.84. The summed E-state index contributed by atoms with van der Waals surface area (Å²) >= 11 is 5.84. The fourth-order valence-corrected chi connectivity index (χ4v) is 2.07. The van der Waals surface area contributed by atoms with Crippen LogP contribution in [0.4, 0.5) is 0 Å². The Hall–Kier alpha value is -1.02. The molecule has 1 saturated carbocycles. The van der Waals surface area contributed by atoms with Crippen molar-refractivity contribution in [1.29, 1.82) is 0 Å². The third kappa shape index (κ3) is 2.32. The van der Waals surface area contributed by atoms with E-state index in [4.69, 9.17) is 16.4 Å². The molecular formula is C12H14ClNO. The topological polar surface area (TPSA) is 21.6 Å². The van der Waals surface area contributed by atoms with Crippen LogP contribution in [0.2, 0.25) is 5.02 Å². The van der Waals surface area contributed by atoms with E-state index >= 15 is 0 Å². The van der Waals surface area contributed by atoms with Gasteiger partial charge in [0, 0.05) is 10.9 Å². The molecule has 2 atom stereocenters. The molecule has 0 unspecified atom stereocenters. The Bertz CT molecular complexity index is 372. The molecule has 0 saturated heterocycles. The summed E-state index contributed by atoms with van der Waals surface area (Å²) in [5.41, 5.74) is 2.42. The summed E-state index contributed by atoms with van der Waals surface area (Å²) in [7, 11) is 1.59. The van der Waals surface area contributed by atoms with Crippen LogP contribution >= 0.6 is 11.6 Å². The SMILES string of the molecule is CON=C(C)[C@H]1C[C@H]1c1ccc(Cl)cc1. The van der Waals surface area contributed by atoms with Crippen LogP contribution in [-0.2, 0) is 4.84 Å². The molecule has 1 aromatic rings. The summed E-state index contributed by atoms with van der Waals surface area (Å²) in [6.07, 6.45) is 1.17. The fourth-order valence-electron chi connectivity index (χ4n) is 1.95. The molecule has 0 bridgehead atoms. The number of benzene rings is 1. The van der Waals surface area contributed by atoms with Gasteiger partial charge in [0.1, 0.15) is 7.11 Å². The molecule has 1 aliphatic rings. The molecular weight excluding hydrogens is 210 g/mol. The lowest BCUT2D eigenvalue weighted by atomic mass is 10.1. The molecule has 0 heterocycles. The normalized spacial score (nSPS) is 25.1. The fraction of sp³-hybridized carbons (Fsp3) is 0.417. The number of nitrogens with zero attached hydrogens (tertiary/aromatic N) is 1. The van der Waals surface area contributed by atoms with Gasteiger partial charge in [-0.3, -0.25) is 0 Å². The van der Waals surface area contributed by atoms with Crippen molar-refractivity contribution >= 4 is 17.3 Å². The molecule has 2 nitrogen and oxygen atoms in total. The zero-order valence-electron chi connectivity index (χ0n) is 8.90. The highest BCUT2D eigenvalue weighted by atomic mass is 35.5. The third-order valence-corrected chi connectivity index (χ3v) is 3.11. The van der Waals surface area contributed by atoms with E-state index in [2.05, 4.69) is 17.3 Å². The van der Waals surface area contributed by atoms with Crippen molar-refractivity contribution in [2.75, 3.05) is 7.11 Å². The zero-order chi connectivity index (χ0) is 10.8. The van der Waals surface area contributed by atoms with Gasteiger partial charge in [0.2, 0.25) is 0 Å². The van der Waals surface area contributed by atoms with Crippen molar-refractivity contribution in [3.63, 3.8) is 0 Å². The summed E-state index contributed by atoms with van der Waals surface area (Å²) in [5, 5.41) is 4.76. The van der Waals surface area contributed by atoms with Gasteiger partial charge in [0.25, 0.3) is 0 Å². The van der Waals surface area contributed by atoms with E-state index in [9.17, 15) is 0 Å². The van der Waals surface area contributed by atoms with Crippen molar-refractivity contribution in [1.82, 2.24) is 0 Å². The lowest BCUT2D eigenvalue weighted by molar-refractivity contribution is 0.212. The summed E-state index contributed by atoms with van der Waals surface area (Å²) < 4.78 is 0. The minimum absolute atomic E-state index is 0.547. The van der Waals surface area contributed by atoms with Crippen LogP contribution in [0.3, 0.4) is 0 Å². The highest BCUT2D eigenvalue weighted by Crippen LogP contribution is 2.48. The Morgan fingerprint density at radius 3 is 2.67 bits per heavy atom. The molecule has 0 aromatic heterocycles. The van der Waals surface area contributed by atoms with Gasteiger partial charge in [-0.05, 0) is 37.0 Å². The van der Waals surface area contributed by atoms with Gasteiger partial charge in [-0.25, -0.2) is 0 Å². The minimum Gasteiger partial charge on any atom is -0.399 e. The quantitative estimate of drug-likeness (QED) is 0.568. The average Bonchev–Trinajstić information content (AvgIpc) is 2.99. The van der Waals surface area contributed by atoms with E-state index in [0.717, 1.165) is 10.7 Å². The van der Waals surface area contributed by atoms with Crippen LogP contribution < -0.4 is 0 Å². The predicted molar refractivity (Wildman–Crippen MR) is 62.4 cm³/mol. The molecule has 0 spiro atoms. The van der Waals surface area contributed by atoms with Gasteiger partial charge in [0.15, 0.2) is 0 Å².